The number of benzene rings is 1. The molecule has 0 saturated heterocycles. The highest BCUT2D eigenvalue weighted by atomic mass is 19.1. The lowest BCUT2D eigenvalue weighted by atomic mass is 9.84. The maximum absolute atomic E-state index is 13.5. The lowest BCUT2D eigenvalue weighted by Gasteiger charge is -2.23. The largest absolute Gasteiger partial charge is 0.330 e. The maximum atomic E-state index is 13.5. The predicted octanol–water partition coefficient (Wildman–Crippen LogP) is 1.99. The number of aryl methyl sites for hydroxylation is 1. The third-order valence-electron chi connectivity index (χ3n) is 3.10. The van der Waals surface area contributed by atoms with Gasteiger partial charge in [0.05, 0.1) is 0 Å². The van der Waals surface area contributed by atoms with Crippen molar-refractivity contribution in [3.8, 4) is 0 Å². The normalized spacial score (nSPS) is 26.1. The molecular formula is C11H14FN. The Hall–Kier alpha value is -0.890. The third kappa shape index (κ3) is 1.17. The molecule has 1 aliphatic carbocycles. The Morgan fingerprint density at radius 3 is 3.00 bits per heavy atom. The molecule has 0 aromatic heterocycles. The van der Waals surface area contributed by atoms with E-state index >= 15 is 0 Å². The zero-order valence-electron chi connectivity index (χ0n) is 7.81. The number of fused-ring (bicyclic) bond motifs is 1. The molecule has 0 heterocycles. The van der Waals surface area contributed by atoms with Gasteiger partial charge < -0.3 is 5.73 Å². The van der Waals surface area contributed by atoms with Gasteiger partial charge in [0.2, 0.25) is 0 Å². The van der Waals surface area contributed by atoms with Crippen molar-refractivity contribution in [2.24, 2.45) is 5.73 Å². The summed E-state index contributed by atoms with van der Waals surface area (Å²) in [5, 5.41) is 0. The molecule has 0 fully saturated rings. The van der Waals surface area contributed by atoms with Crippen molar-refractivity contribution in [1.29, 1.82) is 0 Å². The summed E-state index contributed by atoms with van der Waals surface area (Å²) < 4.78 is 13.5. The van der Waals surface area contributed by atoms with Crippen LogP contribution in [0.4, 0.5) is 4.39 Å². The number of rotatable bonds is 1. The van der Waals surface area contributed by atoms with E-state index < -0.39 is 0 Å². The smallest absolute Gasteiger partial charge is 0.127 e. The van der Waals surface area contributed by atoms with Gasteiger partial charge >= 0.3 is 0 Å². The second kappa shape index (κ2) is 2.81. The van der Waals surface area contributed by atoms with Crippen LogP contribution in [0, 0.1) is 5.82 Å². The van der Waals surface area contributed by atoms with Crippen LogP contribution < -0.4 is 5.73 Å². The van der Waals surface area contributed by atoms with Crippen molar-refractivity contribution < 1.29 is 4.39 Å². The molecule has 0 radical (unpaired) electrons. The fourth-order valence-electron chi connectivity index (χ4n) is 2.19. The SMILES string of the molecule is CC1(CN)CCc2cccc(F)c21. The van der Waals surface area contributed by atoms with E-state index in [-0.39, 0.29) is 11.2 Å². The molecule has 13 heavy (non-hydrogen) atoms. The number of hydrogen-bond acceptors (Lipinski definition) is 1. The number of halogens is 1. The quantitative estimate of drug-likeness (QED) is 0.701. The van der Waals surface area contributed by atoms with Crippen molar-refractivity contribution in [1.82, 2.24) is 0 Å². The van der Waals surface area contributed by atoms with E-state index in [0.717, 1.165) is 24.0 Å². The lowest BCUT2D eigenvalue weighted by molar-refractivity contribution is 0.456. The van der Waals surface area contributed by atoms with Gasteiger partial charge in [0, 0.05) is 12.0 Å². The van der Waals surface area contributed by atoms with E-state index in [1.54, 1.807) is 6.07 Å². The van der Waals surface area contributed by atoms with Crippen LogP contribution in [0.15, 0.2) is 18.2 Å². The number of nitrogens with two attached hydrogens (primary N) is 1. The minimum absolute atomic E-state index is 0.0945. The monoisotopic (exact) mass is 179 g/mol. The van der Waals surface area contributed by atoms with Crippen molar-refractivity contribution in [2.45, 2.75) is 25.2 Å². The topological polar surface area (TPSA) is 26.0 Å². The van der Waals surface area contributed by atoms with Crippen LogP contribution in [0.5, 0.6) is 0 Å². The standard InChI is InChI=1S/C11H14FN/c1-11(7-13)6-5-8-3-2-4-9(12)10(8)11/h2-4H,5-7,13H2,1H3. The molecule has 70 valence electrons. The van der Waals surface area contributed by atoms with Gasteiger partial charge in [-0.05, 0) is 30.0 Å². The molecule has 1 atom stereocenters. The summed E-state index contributed by atoms with van der Waals surface area (Å²) in [6.45, 7) is 2.57. The third-order valence-corrected chi connectivity index (χ3v) is 3.10. The van der Waals surface area contributed by atoms with Gasteiger partial charge in [-0.25, -0.2) is 4.39 Å². The number of hydrogen-bond donors (Lipinski definition) is 1. The second-order valence-electron chi connectivity index (χ2n) is 4.04. The molecule has 0 spiro atoms. The Labute approximate surface area is 77.8 Å². The predicted molar refractivity (Wildman–Crippen MR) is 51.1 cm³/mol. The van der Waals surface area contributed by atoms with Gasteiger partial charge in [0.15, 0.2) is 0 Å². The van der Waals surface area contributed by atoms with E-state index in [9.17, 15) is 4.39 Å². The fraction of sp³-hybridized carbons (Fsp3) is 0.455. The molecule has 0 amide bonds. The van der Waals surface area contributed by atoms with Gasteiger partial charge in [-0.1, -0.05) is 19.1 Å². The molecule has 1 aromatic rings. The molecule has 1 unspecified atom stereocenters. The average molecular weight is 179 g/mol. The fourth-order valence-corrected chi connectivity index (χ4v) is 2.19. The molecule has 2 N–H and O–H groups in total. The highest BCUT2D eigenvalue weighted by Crippen LogP contribution is 2.39. The first-order valence-electron chi connectivity index (χ1n) is 4.65. The molecule has 2 heteroatoms. The van der Waals surface area contributed by atoms with E-state index in [1.165, 1.54) is 6.07 Å². The summed E-state index contributed by atoms with van der Waals surface area (Å²) in [6.07, 6.45) is 1.93. The summed E-state index contributed by atoms with van der Waals surface area (Å²) in [5.41, 5.74) is 7.52. The summed E-state index contributed by atoms with van der Waals surface area (Å²) in [4.78, 5) is 0. The zero-order chi connectivity index (χ0) is 9.47. The summed E-state index contributed by atoms with van der Waals surface area (Å²) in [5.74, 6) is -0.0945. The van der Waals surface area contributed by atoms with E-state index in [2.05, 4.69) is 0 Å². The molecule has 0 saturated carbocycles. The van der Waals surface area contributed by atoms with Crippen LogP contribution in [0.2, 0.25) is 0 Å². The van der Waals surface area contributed by atoms with E-state index in [1.807, 2.05) is 13.0 Å². The van der Waals surface area contributed by atoms with E-state index in [0.29, 0.717) is 6.54 Å². The van der Waals surface area contributed by atoms with Crippen molar-refractivity contribution in [3.05, 3.63) is 35.1 Å². The van der Waals surface area contributed by atoms with Gasteiger partial charge in [0.25, 0.3) is 0 Å². The maximum Gasteiger partial charge on any atom is 0.127 e. The van der Waals surface area contributed by atoms with Crippen LogP contribution in [-0.2, 0) is 11.8 Å². The average Bonchev–Trinajstić information content (AvgIpc) is 2.47. The second-order valence-corrected chi connectivity index (χ2v) is 4.04. The summed E-state index contributed by atoms with van der Waals surface area (Å²) in [7, 11) is 0. The van der Waals surface area contributed by atoms with Crippen LogP contribution >= 0.6 is 0 Å². The van der Waals surface area contributed by atoms with Crippen molar-refractivity contribution in [2.75, 3.05) is 6.54 Å². The minimum atomic E-state index is -0.138. The molecular weight excluding hydrogens is 165 g/mol. The van der Waals surface area contributed by atoms with E-state index in [4.69, 9.17) is 5.73 Å². The van der Waals surface area contributed by atoms with Crippen LogP contribution in [0.25, 0.3) is 0 Å². The van der Waals surface area contributed by atoms with Gasteiger partial charge in [0.1, 0.15) is 5.82 Å². The summed E-state index contributed by atoms with van der Waals surface area (Å²) >= 11 is 0. The first kappa shape index (κ1) is 8.70. The Bertz CT molecular complexity index is 335. The summed E-state index contributed by atoms with van der Waals surface area (Å²) in [6, 6.07) is 5.30. The zero-order valence-corrected chi connectivity index (χ0v) is 7.81. The van der Waals surface area contributed by atoms with Crippen LogP contribution in [0.3, 0.4) is 0 Å². The first-order valence-corrected chi connectivity index (χ1v) is 4.65. The molecule has 1 aromatic carbocycles. The van der Waals surface area contributed by atoms with Gasteiger partial charge in [-0.15, -0.1) is 0 Å². The van der Waals surface area contributed by atoms with Gasteiger partial charge in [-0.2, -0.15) is 0 Å². The molecule has 0 aliphatic heterocycles. The van der Waals surface area contributed by atoms with Crippen LogP contribution in [0.1, 0.15) is 24.5 Å². The molecule has 2 rings (SSSR count). The first-order chi connectivity index (χ1) is 6.17. The Balaban J connectivity index is 2.58. The van der Waals surface area contributed by atoms with Crippen LogP contribution in [-0.4, -0.2) is 6.54 Å². The molecule has 1 aliphatic rings. The minimum Gasteiger partial charge on any atom is -0.330 e. The Kier molecular flexibility index (Phi) is 1.88. The Morgan fingerprint density at radius 2 is 2.31 bits per heavy atom. The highest BCUT2D eigenvalue weighted by Gasteiger charge is 2.35. The van der Waals surface area contributed by atoms with Crippen molar-refractivity contribution >= 4 is 0 Å². The van der Waals surface area contributed by atoms with Crippen molar-refractivity contribution in [3.63, 3.8) is 0 Å². The lowest BCUT2D eigenvalue weighted by Crippen LogP contribution is -2.29. The molecule has 1 nitrogen and oxygen atoms in total. The Morgan fingerprint density at radius 1 is 1.54 bits per heavy atom. The molecule has 0 bridgehead atoms. The van der Waals surface area contributed by atoms with Gasteiger partial charge in [-0.3, -0.25) is 0 Å². The highest BCUT2D eigenvalue weighted by molar-refractivity contribution is 5.40.